The van der Waals surface area contributed by atoms with Crippen LogP contribution in [-0.2, 0) is 0 Å². The van der Waals surface area contributed by atoms with Gasteiger partial charge in [0.2, 0.25) is 12.3 Å². The van der Waals surface area contributed by atoms with E-state index in [9.17, 15) is 0 Å². The lowest BCUT2D eigenvalue weighted by Crippen LogP contribution is -1.71. The van der Waals surface area contributed by atoms with E-state index in [0.29, 0.717) is 5.89 Å². The van der Waals surface area contributed by atoms with Crippen LogP contribution in [0.5, 0.6) is 0 Å². The minimum absolute atomic E-state index is 0.502. The molecule has 3 nitrogen and oxygen atoms in total. The Morgan fingerprint density at radius 3 is 3.11 bits per heavy atom. The van der Waals surface area contributed by atoms with Crippen molar-refractivity contribution >= 4 is 6.08 Å². The summed E-state index contributed by atoms with van der Waals surface area (Å²) in [5, 5.41) is 7.11. The molecule has 0 unspecified atom stereocenters. The van der Waals surface area contributed by atoms with Crippen molar-refractivity contribution in [2.45, 2.75) is 6.92 Å². The van der Waals surface area contributed by atoms with Crippen LogP contribution < -0.4 is 0 Å². The Hall–Kier alpha value is -1.12. The maximum absolute atomic E-state index is 4.81. The van der Waals surface area contributed by atoms with Crippen LogP contribution in [-0.4, -0.2) is 10.2 Å². The highest BCUT2D eigenvalue weighted by Crippen LogP contribution is 1.99. The van der Waals surface area contributed by atoms with E-state index in [1.165, 1.54) is 6.39 Å². The zero-order valence-corrected chi connectivity index (χ0v) is 5.16. The van der Waals surface area contributed by atoms with Crippen molar-refractivity contribution in [3.8, 4) is 0 Å². The summed E-state index contributed by atoms with van der Waals surface area (Å²) in [6.45, 7) is 5.51. The molecular formula is C6H7N2O. The molecular weight excluding hydrogens is 116 g/mol. The average molecular weight is 123 g/mol. The zero-order valence-electron chi connectivity index (χ0n) is 5.16. The van der Waals surface area contributed by atoms with Gasteiger partial charge in [0, 0.05) is 6.08 Å². The molecule has 1 radical (unpaired) electrons. The van der Waals surface area contributed by atoms with Gasteiger partial charge in [-0.05, 0) is 13.8 Å². The maximum atomic E-state index is 4.81. The second-order valence-electron chi connectivity index (χ2n) is 1.77. The molecule has 0 aliphatic rings. The molecule has 1 rings (SSSR count). The number of allylic oxidation sites excluding steroid dienone is 1. The highest BCUT2D eigenvalue weighted by Gasteiger charge is 1.89. The van der Waals surface area contributed by atoms with Crippen LogP contribution in [0.3, 0.4) is 0 Å². The SMILES string of the molecule is [CH2]C(C)=Cc1nnco1. The van der Waals surface area contributed by atoms with Crippen molar-refractivity contribution in [3.63, 3.8) is 0 Å². The molecule has 0 bridgehead atoms. The Kier molecular flexibility index (Phi) is 1.63. The molecule has 0 N–H and O–H groups in total. The molecule has 0 aliphatic carbocycles. The quantitative estimate of drug-likeness (QED) is 0.565. The summed E-state index contributed by atoms with van der Waals surface area (Å²) in [5.41, 5.74) is 0.902. The second-order valence-corrected chi connectivity index (χ2v) is 1.77. The van der Waals surface area contributed by atoms with E-state index in [0.717, 1.165) is 5.57 Å². The van der Waals surface area contributed by atoms with E-state index in [1.54, 1.807) is 6.08 Å². The van der Waals surface area contributed by atoms with Crippen molar-refractivity contribution < 1.29 is 4.42 Å². The summed E-state index contributed by atoms with van der Waals surface area (Å²) < 4.78 is 4.81. The van der Waals surface area contributed by atoms with Crippen molar-refractivity contribution in [1.82, 2.24) is 10.2 Å². The van der Waals surface area contributed by atoms with Crippen LogP contribution in [0.15, 0.2) is 16.4 Å². The molecule has 0 saturated heterocycles. The van der Waals surface area contributed by atoms with Gasteiger partial charge < -0.3 is 4.42 Å². The third-order valence-corrected chi connectivity index (χ3v) is 0.747. The average Bonchev–Trinajstić information content (AvgIpc) is 2.15. The molecule has 0 aliphatic heterocycles. The van der Waals surface area contributed by atoms with Crippen LogP contribution in [0.4, 0.5) is 0 Å². The first-order valence-corrected chi connectivity index (χ1v) is 2.55. The molecule has 0 fully saturated rings. The second kappa shape index (κ2) is 2.44. The van der Waals surface area contributed by atoms with Gasteiger partial charge >= 0.3 is 0 Å². The molecule has 3 heteroatoms. The normalized spacial score (nSPS) is 12.0. The minimum atomic E-state index is 0.502. The van der Waals surface area contributed by atoms with E-state index in [2.05, 4.69) is 17.1 Å². The van der Waals surface area contributed by atoms with Crippen LogP contribution in [0.2, 0.25) is 0 Å². The number of nitrogens with zero attached hydrogens (tertiary/aromatic N) is 2. The summed E-state index contributed by atoms with van der Waals surface area (Å²) in [6.07, 6.45) is 3.00. The first kappa shape index (κ1) is 6.01. The fourth-order valence-electron chi connectivity index (χ4n) is 0.455. The molecule has 0 saturated carbocycles. The smallest absolute Gasteiger partial charge is 0.240 e. The van der Waals surface area contributed by atoms with Gasteiger partial charge in [0.15, 0.2) is 0 Å². The Morgan fingerprint density at radius 2 is 2.67 bits per heavy atom. The predicted octanol–water partition coefficient (Wildman–Crippen LogP) is 1.31. The van der Waals surface area contributed by atoms with Crippen LogP contribution in [0.25, 0.3) is 6.08 Å². The molecule has 1 aromatic rings. The van der Waals surface area contributed by atoms with E-state index in [4.69, 9.17) is 4.42 Å². The van der Waals surface area contributed by atoms with Crippen molar-refractivity contribution in [1.29, 1.82) is 0 Å². The molecule has 47 valence electrons. The Bertz CT molecular complexity index is 197. The van der Waals surface area contributed by atoms with Crippen molar-refractivity contribution in [2.24, 2.45) is 0 Å². The lowest BCUT2D eigenvalue weighted by Gasteiger charge is -1.81. The molecule has 0 aromatic carbocycles. The van der Waals surface area contributed by atoms with Gasteiger partial charge in [-0.2, -0.15) is 0 Å². The molecule has 0 atom stereocenters. The molecule has 0 amide bonds. The Labute approximate surface area is 53.4 Å². The zero-order chi connectivity index (χ0) is 6.69. The van der Waals surface area contributed by atoms with Gasteiger partial charge in [0.05, 0.1) is 0 Å². The van der Waals surface area contributed by atoms with Gasteiger partial charge in [0.1, 0.15) is 0 Å². The Balaban J connectivity index is 2.80. The maximum Gasteiger partial charge on any atom is 0.240 e. The first-order chi connectivity index (χ1) is 4.29. The lowest BCUT2D eigenvalue weighted by molar-refractivity contribution is 0.542. The lowest BCUT2D eigenvalue weighted by atomic mass is 10.3. The summed E-state index contributed by atoms with van der Waals surface area (Å²) in [6, 6.07) is 0. The van der Waals surface area contributed by atoms with Gasteiger partial charge in [-0.15, -0.1) is 10.2 Å². The van der Waals surface area contributed by atoms with Crippen LogP contribution in [0, 0.1) is 6.92 Å². The Morgan fingerprint density at radius 1 is 1.89 bits per heavy atom. The number of hydrogen-bond acceptors (Lipinski definition) is 3. The first-order valence-electron chi connectivity index (χ1n) is 2.55. The molecule has 1 aromatic heterocycles. The topological polar surface area (TPSA) is 38.9 Å². The fourth-order valence-corrected chi connectivity index (χ4v) is 0.455. The predicted molar refractivity (Wildman–Crippen MR) is 33.3 cm³/mol. The molecule has 0 spiro atoms. The monoisotopic (exact) mass is 123 g/mol. The van der Waals surface area contributed by atoms with Crippen molar-refractivity contribution in [3.05, 3.63) is 24.8 Å². The van der Waals surface area contributed by atoms with E-state index < -0.39 is 0 Å². The molecule has 9 heavy (non-hydrogen) atoms. The fraction of sp³-hybridized carbons (Fsp3) is 0.167. The van der Waals surface area contributed by atoms with E-state index >= 15 is 0 Å². The van der Waals surface area contributed by atoms with Gasteiger partial charge in [-0.25, -0.2) is 0 Å². The van der Waals surface area contributed by atoms with Crippen LogP contribution in [0.1, 0.15) is 12.8 Å². The molecule has 1 heterocycles. The highest BCUT2D eigenvalue weighted by atomic mass is 16.4. The van der Waals surface area contributed by atoms with E-state index in [-0.39, 0.29) is 0 Å². The number of hydrogen-bond donors (Lipinski definition) is 0. The van der Waals surface area contributed by atoms with E-state index in [1.807, 2.05) is 6.92 Å². The van der Waals surface area contributed by atoms with Gasteiger partial charge in [0.25, 0.3) is 0 Å². The summed E-state index contributed by atoms with van der Waals surface area (Å²) in [4.78, 5) is 0. The summed E-state index contributed by atoms with van der Waals surface area (Å²) in [5.74, 6) is 0.502. The van der Waals surface area contributed by atoms with Crippen molar-refractivity contribution in [2.75, 3.05) is 0 Å². The third kappa shape index (κ3) is 1.68. The number of rotatable bonds is 1. The minimum Gasteiger partial charge on any atom is -0.424 e. The van der Waals surface area contributed by atoms with Gasteiger partial charge in [-0.1, -0.05) is 5.57 Å². The van der Waals surface area contributed by atoms with Crippen LogP contribution >= 0.6 is 0 Å². The summed E-state index contributed by atoms with van der Waals surface area (Å²) in [7, 11) is 0. The summed E-state index contributed by atoms with van der Waals surface area (Å²) >= 11 is 0. The van der Waals surface area contributed by atoms with Gasteiger partial charge in [-0.3, -0.25) is 0 Å². The largest absolute Gasteiger partial charge is 0.424 e. The number of aromatic nitrogens is 2. The standard InChI is InChI=1S/C6H7N2O/c1-5(2)3-6-8-7-4-9-6/h3-4H,1H2,2H3. The third-order valence-electron chi connectivity index (χ3n) is 0.747. The highest BCUT2D eigenvalue weighted by molar-refractivity contribution is 5.42.